The Hall–Kier alpha value is -0.600. The molecule has 16 heavy (non-hydrogen) atoms. The number of hydrogen-bond donors (Lipinski definition) is 1. The average Bonchev–Trinajstić information content (AvgIpc) is 2.20. The third-order valence-electron chi connectivity index (χ3n) is 4.83. The van der Waals surface area contributed by atoms with E-state index < -0.39 is 5.60 Å². The number of ether oxygens (including phenoxy) is 1. The lowest BCUT2D eigenvalue weighted by Crippen LogP contribution is -2.61. The van der Waals surface area contributed by atoms with Crippen LogP contribution < -0.4 is 0 Å². The number of fused-ring (bicyclic) bond motifs is 2. The third-order valence-corrected chi connectivity index (χ3v) is 4.83. The molecule has 0 aliphatic heterocycles. The van der Waals surface area contributed by atoms with Crippen LogP contribution in [0.2, 0.25) is 0 Å². The van der Waals surface area contributed by atoms with Crippen LogP contribution in [0.1, 0.15) is 33.6 Å². The second kappa shape index (κ2) is 3.21. The summed E-state index contributed by atoms with van der Waals surface area (Å²) >= 11 is 0. The fourth-order valence-corrected chi connectivity index (χ4v) is 3.46. The number of methoxy groups -OCH3 is 1. The fraction of sp³-hybridized carbons (Fsp3) is 0.714. The molecule has 1 N–H and O–H groups in total. The minimum Gasteiger partial charge on any atom is -0.385 e. The normalized spacial score (nSPS) is 50.7. The van der Waals surface area contributed by atoms with E-state index in [1.807, 2.05) is 6.92 Å². The van der Waals surface area contributed by atoms with E-state index >= 15 is 0 Å². The summed E-state index contributed by atoms with van der Waals surface area (Å²) < 4.78 is 5.66. The maximum absolute atomic E-state index is 10.8. The molecule has 2 nitrogen and oxygen atoms in total. The molecule has 1 fully saturated rings. The topological polar surface area (TPSA) is 29.5 Å². The second-order valence-electron chi connectivity index (χ2n) is 5.92. The molecule has 0 radical (unpaired) electrons. The summed E-state index contributed by atoms with van der Waals surface area (Å²) in [5.74, 6) is 0.279. The highest BCUT2D eigenvalue weighted by atomic mass is 16.5. The molecule has 0 unspecified atom stereocenters. The van der Waals surface area contributed by atoms with Crippen LogP contribution in [0.3, 0.4) is 0 Å². The van der Waals surface area contributed by atoms with Crippen LogP contribution in [0.15, 0.2) is 24.3 Å². The van der Waals surface area contributed by atoms with Crippen molar-refractivity contribution in [1.29, 1.82) is 0 Å². The molecule has 3 rings (SSSR count). The summed E-state index contributed by atoms with van der Waals surface area (Å²) in [6.07, 6.45) is 5.92. The largest absolute Gasteiger partial charge is 0.385 e. The highest BCUT2D eigenvalue weighted by Crippen LogP contribution is 2.58. The van der Waals surface area contributed by atoms with Gasteiger partial charge in [-0.05, 0) is 32.3 Å². The molecular formula is C14H22O2. The van der Waals surface area contributed by atoms with Gasteiger partial charge < -0.3 is 9.84 Å². The van der Waals surface area contributed by atoms with E-state index in [9.17, 15) is 5.11 Å². The maximum atomic E-state index is 10.8. The Labute approximate surface area is 98.0 Å². The maximum Gasteiger partial charge on any atom is 0.0946 e. The molecule has 2 heteroatoms. The van der Waals surface area contributed by atoms with Crippen LogP contribution in [-0.2, 0) is 4.74 Å². The molecule has 0 amide bonds. The van der Waals surface area contributed by atoms with Crippen molar-refractivity contribution in [2.45, 2.75) is 44.8 Å². The first-order valence-corrected chi connectivity index (χ1v) is 5.90. The van der Waals surface area contributed by atoms with Gasteiger partial charge in [-0.1, -0.05) is 25.7 Å². The van der Waals surface area contributed by atoms with Crippen molar-refractivity contribution in [2.24, 2.45) is 11.3 Å². The Kier molecular flexibility index (Phi) is 2.38. The molecule has 4 atom stereocenters. The predicted octanol–water partition coefficient (Wildman–Crippen LogP) is 2.68. The van der Waals surface area contributed by atoms with Gasteiger partial charge >= 0.3 is 0 Å². The average molecular weight is 222 g/mol. The summed E-state index contributed by atoms with van der Waals surface area (Å²) in [5.41, 5.74) is -0.309. The summed E-state index contributed by atoms with van der Waals surface area (Å²) in [6.45, 7) is 10.1. The van der Waals surface area contributed by atoms with Gasteiger partial charge in [0.1, 0.15) is 0 Å². The van der Waals surface area contributed by atoms with Crippen LogP contribution in [0.5, 0.6) is 0 Å². The zero-order valence-electron chi connectivity index (χ0n) is 10.7. The molecule has 0 heterocycles. The van der Waals surface area contributed by atoms with Crippen molar-refractivity contribution in [3.05, 3.63) is 24.3 Å². The first-order valence-electron chi connectivity index (χ1n) is 5.90. The Balaban J connectivity index is 2.45. The van der Waals surface area contributed by atoms with E-state index in [-0.39, 0.29) is 16.9 Å². The van der Waals surface area contributed by atoms with Crippen molar-refractivity contribution in [3.8, 4) is 0 Å². The van der Waals surface area contributed by atoms with Gasteiger partial charge in [0.05, 0.1) is 11.2 Å². The number of hydrogen-bond acceptors (Lipinski definition) is 2. The van der Waals surface area contributed by atoms with E-state index in [1.165, 1.54) is 0 Å². The molecule has 3 aliphatic rings. The van der Waals surface area contributed by atoms with Crippen molar-refractivity contribution in [2.75, 3.05) is 7.11 Å². The molecule has 0 aromatic rings. The summed E-state index contributed by atoms with van der Waals surface area (Å²) in [6, 6.07) is 0. The van der Waals surface area contributed by atoms with Gasteiger partial charge in [0, 0.05) is 18.4 Å². The minimum atomic E-state index is -0.773. The second-order valence-corrected chi connectivity index (χ2v) is 5.92. The Morgan fingerprint density at radius 1 is 1.50 bits per heavy atom. The standard InChI is InChI=1S/C14H22O2/c1-10(2)14(15)8-11-6-7-12(14,3)9-13(11,4)16-5/h6-7,11,15H,1,8-9H2,2-5H3/t11-,12-,13+,14+/m1/s1. The zero-order chi connectivity index (χ0) is 12.2. The van der Waals surface area contributed by atoms with Crippen molar-refractivity contribution in [1.82, 2.24) is 0 Å². The van der Waals surface area contributed by atoms with Crippen molar-refractivity contribution in [3.63, 3.8) is 0 Å². The van der Waals surface area contributed by atoms with E-state index in [1.54, 1.807) is 7.11 Å². The lowest BCUT2D eigenvalue weighted by Gasteiger charge is -2.59. The molecule has 0 aromatic heterocycles. The highest BCUT2D eigenvalue weighted by Gasteiger charge is 2.59. The SMILES string of the molecule is C=C(C)[C@@]1(O)C[C@H]2C=C[C@]1(C)C[C@]2(C)OC. The number of rotatable bonds is 2. The lowest BCUT2D eigenvalue weighted by molar-refractivity contribution is -0.166. The molecule has 2 bridgehead atoms. The molecule has 0 spiro atoms. The van der Waals surface area contributed by atoms with Gasteiger partial charge in [-0.3, -0.25) is 0 Å². The van der Waals surface area contributed by atoms with Gasteiger partial charge in [0.2, 0.25) is 0 Å². The fourth-order valence-electron chi connectivity index (χ4n) is 3.46. The molecule has 0 saturated heterocycles. The van der Waals surface area contributed by atoms with Gasteiger partial charge in [-0.2, -0.15) is 0 Å². The van der Waals surface area contributed by atoms with Crippen LogP contribution >= 0.6 is 0 Å². The third kappa shape index (κ3) is 1.26. The predicted molar refractivity (Wildman–Crippen MR) is 65.1 cm³/mol. The van der Waals surface area contributed by atoms with Crippen molar-refractivity contribution >= 4 is 0 Å². The zero-order valence-corrected chi connectivity index (χ0v) is 10.7. The van der Waals surface area contributed by atoms with Crippen LogP contribution in [0, 0.1) is 11.3 Å². The van der Waals surface area contributed by atoms with Gasteiger partial charge in [0.15, 0.2) is 0 Å². The summed E-state index contributed by atoms with van der Waals surface area (Å²) in [5, 5.41) is 10.8. The lowest BCUT2D eigenvalue weighted by atomic mass is 9.51. The van der Waals surface area contributed by atoms with Crippen LogP contribution in [0.25, 0.3) is 0 Å². The monoisotopic (exact) mass is 222 g/mol. The first-order chi connectivity index (χ1) is 7.27. The van der Waals surface area contributed by atoms with Gasteiger partial charge in [0.25, 0.3) is 0 Å². The van der Waals surface area contributed by atoms with E-state index in [4.69, 9.17) is 4.74 Å². The quantitative estimate of drug-likeness (QED) is 0.728. The van der Waals surface area contributed by atoms with Gasteiger partial charge in [-0.15, -0.1) is 0 Å². The summed E-state index contributed by atoms with van der Waals surface area (Å²) in [4.78, 5) is 0. The van der Waals surface area contributed by atoms with E-state index in [2.05, 4.69) is 32.6 Å². The molecular weight excluding hydrogens is 200 g/mol. The highest BCUT2D eigenvalue weighted by molar-refractivity contribution is 5.32. The van der Waals surface area contributed by atoms with E-state index in [0.717, 1.165) is 18.4 Å². The van der Waals surface area contributed by atoms with Gasteiger partial charge in [-0.25, -0.2) is 0 Å². The Morgan fingerprint density at radius 3 is 2.56 bits per heavy atom. The summed E-state index contributed by atoms with van der Waals surface area (Å²) in [7, 11) is 1.76. The Morgan fingerprint density at radius 2 is 2.12 bits per heavy atom. The van der Waals surface area contributed by atoms with Crippen LogP contribution in [0.4, 0.5) is 0 Å². The minimum absolute atomic E-state index is 0.148. The molecule has 0 aromatic carbocycles. The first kappa shape index (κ1) is 11.9. The number of aliphatic hydroxyl groups is 1. The van der Waals surface area contributed by atoms with E-state index in [0.29, 0.717) is 0 Å². The molecule has 1 saturated carbocycles. The van der Waals surface area contributed by atoms with Crippen molar-refractivity contribution < 1.29 is 9.84 Å². The Bertz CT molecular complexity index is 360. The molecule has 3 aliphatic carbocycles. The van der Waals surface area contributed by atoms with Crippen LogP contribution in [-0.4, -0.2) is 23.4 Å². The molecule has 90 valence electrons. The smallest absolute Gasteiger partial charge is 0.0946 e.